The number of carbonyl (C=O) groups excluding carboxylic acids is 4. The van der Waals surface area contributed by atoms with E-state index in [0.29, 0.717) is 96.5 Å². The van der Waals surface area contributed by atoms with E-state index in [1.807, 2.05) is 21.9 Å². The third-order valence-electron chi connectivity index (χ3n) is 15.8. The Kier molecular flexibility index (Phi) is 19.7. The maximum atomic E-state index is 12.8. The summed E-state index contributed by atoms with van der Waals surface area (Å²) >= 11 is 0. The second-order valence-electron chi connectivity index (χ2n) is 21.0. The van der Waals surface area contributed by atoms with Gasteiger partial charge in [0.1, 0.15) is 12.2 Å². The molecule has 2 amide bonds. The normalized spacial score (nSPS) is 23.4. The summed E-state index contributed by atoms with van der Waals surface area (Å²) in [5.41, 5.74) is 0.631. The monoisotopic (exact) mass is 1000 g/mol. The van der Waals surface area contributed by atoms with Crippen LogP contribution in [0.2, 0.25) is 0 Å². The van der Waals surface area contributed by atoms with Gasteiger partial charge in [-0.05, 0) is 141 Å². The molecule has 0 spiro atoms. The van der Waals surface area contributed by atoms with Crippen molar-refractivity contribution in [1.29, 1.82) is 0 Å². The first kappa shape index (κ1) is 54.5. The Hall–Kier alpha value is -5.30. The number of cyclic esters (lactones) is 2. The highest BCUT2D eigenvalue weighted by Crippen LogP contribution is 2.38. The maximum Gasteiger partial charge on any atom is 0.410 e. The average molecular weight is 1000 g/mol. The molecule has 18 nitrogen and oxygen atoms in total. The van der Waals surface area contributed by atoms with E-state index >= 15 is 0 Å². The van der Waals surface area contributed by atoms with Crippen LogP contribution in [0.1, 0.15) is 89.2 Å². The molecule has 0 bridgehead atoms. The number of benzene rings is 2. The van der Waals surface area contributed by atoms with Crippen LogP contribution >= 0.6 is 0 Å². The van der Waals surface area contributed by atoms with Crippen LogP contribution in [0.15, 0.2) is 60.7 Å². The SMILES string of the molecule is CCOC(=O)CC1(C(=O)OCC)CCN(CC2CN(CC3CCN(Cc4ccccc4)CC3)C(=O)O2)CC1.O=C(O)CC1(C(=O)O)CCN(CC2CN(CC3CCN(Cc4ccccc4)CC3)C(=O)O2)CC1. The number of aliphatic carboxylic acids is 2. The number of hydrogen-bond acceptors (Lipinski definition) is 14. The van der Waals surface area contributed by atoms with Crippen LogP contribution in [-0.4, -0.2) is 193 Å². The molecule has 6 fully saturated rings. The van der Waals surface area contributed by atoms with E-state index in [0.717, 1.165) is 78.0 Å². The second-order valence-corrected chi connectivity index (χ2v) is 21.0. The zero-order valence-electron chi connectivity index (χ0n) is 42.5. The van der Waals surface area contributed by atoms with Gasteiger partial charge >= 0.3 is 36.1 Å². The summed E-state index contributed by atoms with van der Waals surface area (Å²) in [5.74, 6) is -1.83. The van der Waals surface area contributed by atoms with Gasteiger partial charge in [-0.1, -0.05) is 60.7 Å². The van der Waals surface area contributed by atoms with E-state index in [-0.39, 0.29) is 55.8 Å². The van der Waals surface area contributed by atoms with Crippen molar-refractivity contribution in [3.8, 4) is 0 Å². The minimum absolute atomic E-state index is 0.0455. The molecular weight excluding hydrogens is 925 g/mol. The number of carbonyl (C=O) groups is 6. The first-order valence-corrected chi connectivity index (χ1v) is 26.4. The Balaban J connectivity index is 0.000000213. The fraction of sp³-hybridized carbons (Fsp3) is 0.667. The molecular formula is C54H78N6O12. The fourth-order valence-corrected chi connectivity index (χ4v) is 11.5. The van der Waals surface area contributed by atoms with Crippen molar-refractivity contribution < 1.29 is 57.9 Å². The molecule has 2 atom stereocenters. The van der Waals surface area contributed by atoms with Crippen molar-refractivity contribution >= 4 is 36.1 Å². The topological polar surface area (TPSA) is 199 Å². The molecule has 2 aromatic carbocycles. The molecule has 18 heteroatoms. The van der Waals surface area contributed by atoms with E-state index in [4.69, 9.17) is 24.1 Å². The summed E-state index contributed by atoms with van der Waals surface area (Å²) in [6.45, 7) is 16.3. The molecule has 2 N–H and O–H groups in total. The van der Waals surface area contributed by atoms with Crippen LogP contribution in [-0.2, 0) is 51.2 Å². The van der Waals surface area contributed by atoms with Gasteiger partial charge in [0, 0.05) is 39.3 Å². The van der Waals surface area contributed by atoms with Crippen molar-refractivity contribution in [3.05, 3.63) is 71.8 Å². The third-order valence-corrected chi connectivity index (χ3v) is 15.8. The lowest BCUT2D eigenvalue weighted by Crippen LogP contribution is -2.48. The quantitative estimate of drug-likeness (QED) is 0.121. The minimum atomic E-state index is -1.20. The molecule has 396 valence electrons. The fourth-order valence-electron chi connectivity index (χ4n) is 11.5. The average Bonchev–Trinajstić information content (AvgIpc) is 3.90. The Labute approximate surface area is 424 Å². The molecule has 6 aliphatic rings. The third kappa shape index (κ3) is 15.4. The van der Waals surface area contributed by atoms with E-state index in [1.165, 1.54) is 11.1 Å². The Bertz CT molecular complexity index is 2080. The minimum Gasteiger partial charge on any atom is -0.481 e. The number of carboxylic acid groups (broad SMARTS) is 2. The standard InChI is InChI=1S/C29H43N3O6.C25H35N3O6/c1-3-36-26(33)18-29(27(34)37-4-2)12-16-31(17-13-29)21-25-22-32(28(35)38-25)20-24-10-14-30(15-11-24)19-23-8-6-5-7-9-23;29-22(30)14-25(23(31)32)8-12-27(13-9-25)17-21-18-28(24(33)34-21)16-20-6-10-26(11-7-20)15-19-4-2-1-3-5-19/h5-9,24-25H,3-4,10-22H2,1-2H3;1-5,20-21H,6-18H2,(H,29,30)(H,31,32). The van der Waals surface area contributed by atoms with Crippen molar-refractivity contribution in [2.75, 3.05) is 105 Å². The molecule has 6 aliphatic heterocycles. The van der Waals surface area contributed by atoms with Crippen molar-refractivity contribution in [1.82, 2.24) is 29.4 Å². The lowest BCUT2D eigenvalue weighted by atomic mass is 9.75. The highest BCUT2D eigenvalue weighted by molar-refractivity contribution is 5.84. The highest BCUT2D eigenvalue weighted by Gasteiger charge is 2.47. The van der Waals surface area contributed by atoms with Gasteiger partial charge in [0.15, 0.2) is 0 Å². The number of ether oxygens (including phenoxy) is 4. The predicted molar refractivity (Wildman–Crippen MR) is 267 cm³/mol. The molecule has 8 rings (SSSR count). The van der Waals surface area contributed by atoms with Gasteiger partial charge in [-0.15, -0.1) is 0 Å². The van der Waals surface area contributed by atoms with Crippen molar-refractivity contribution in [2.24, 2.45) is 22.7 Å². The Morgan fingerprint density at radius 3 is 1.36 bits per heavy atom. The van der Waals surface area contributed by atoms with Gasteiger partial charge in [0.25, 0.3) is 0 Å². The molecule has 6 saturated heterocycles. The van der Waals surface area contributed by atoms with E-state index in [9.17, 15) is 33.9 Å². The second kappa shape index (κ2) is 26.1. The first-order valence-electron chi connectivity index (χ1n) is 26.4. The number of carboxylic acids is 2. The van der Waals surface area contributed by atoms with E-state index in [1.54, 1.807) is 13.8 Å². The van der Waals surface area contributed by atoms with Gasteiger partial charge in [0.2, 0.25) is 0 Å². The van der Waals surface area contributed by atoms with E-state index in [2.05, 4.69) is 68.1 Å². The molecule has 0 aliphatic carbocycles. The largest absolute Gasteiger partial charge is 0.481 e. The maximum absolute atomic E-state index is 12.8. The highest BCUT2D eigenvalue weighted by atomic mass is 16.6. The zero-order chi connectivity index (χ0) is 51.1. The predicted octanol–water partition coefficient (Wildman–Crippen LogP) is 5.68. The smallest absolute Gasteiger partial charge is 0.410 e. The number of esters is 2. The molecule has 2 unspecified atom stereocenters. The molecule has 2 aromatic rings. The zero-order valence-corrected chi connectivity index (χ0v) is 42.5. The summed E-state index contributed by atoms with van der Waals surface area (Å²) in [6.07, 6.45) is 4.73. The summed E-state index contributed by atoms with van der Waals surface area (Å²) in [5, 5.41) is 18.7. The lowest BCUT2D eigenvalue weighted by molar-refractivity contribution is -0.165. The molecule has 72 heavy (non-hydrogen) atoms. The van der Waals surface area contributed by atoms with Crippen molar-refractivity contribution in [2.45, 2.75) is 103 Å². The van der Waals surface area contributed by atoms with Gasteiger partial charge in [0.05, 0.1) is 50.0 Å². The van der Waals surface area contributed by atoms with Crippen LogP contribution in [0.5, 0.6) is 0 Å². The number of rotatable bonds is 20. The summed E-state index contributed by atoms with van der Waals surface area (Å²) in [6, 6.07) is 21.0. The van der Waals surface area contributed by atoms with Crippen LogP contribution in [0.3, 0.4) is 0 Å². The summed E-state index contributed by atoms with van der Waals surface area (Å²) in [4.78, 5) is 85.8. The van der Waals surface area contributed by atoms with Gasteiger partial charge in [-0.2, -0.15) is 0 Å². The summed E-state index contributed by atoms with van der Waals surface area (Å²) in [7, 11) is 0. The molecule has 0 saturated carbocycles. The number of hydrogen-bond donors (Lipinski definition) is 2. The van der Waals surface area contributed by atoms with Crippen molar-refractivity contribution in [3.63, 3.8) is 0 Å². The number of piperidine rings is 4. The Morgan fingerprint density at radius 2 is 0.972 bits per heavy atom. The van der Waals surface area contributed by atoms with Gasteiger partial charge in [-0.3, -0.25) is 38.8 Å². The van der Waals surface area contributed by atoms with Crippen LogP contribution in [0, 0.1) is 22.7 Å². The molecule has 0 aromatic heterocycles. The molecule has 6 heterocycles. The van der Waals surface area contributed by atoms with Crippen LogP contribution < -0.4 is 0 Å². The van der Waals surface area contributed by atoms with Crippen LogP contribution in [0.25, 0.3) is 0 Å². The number of likely N-dealkylation sites (tertiary alicyclic amines) is 4. The van der Waals surface area contributed by atoms with Crippen LogP contribution in [0.4, 0.5) is 9.59 Å². The van der Waals surface area contributed by atoms with Gasteiger partial charge in [-0.25, -0.2) is 9.59 Å². The first-order chi connectivity index (χ1) is 34.7. The van der Waals surface area contributed by atoms with E-state index < -0.39 is 22.8 Å². The number of nitrogens with zero attached hydrogens (tertiary/aromatic N) is 6. The number of amides is 2. The summed E-state index contributed by atoms with van der Waals surface area (Å²) < 4.78 is 21.8. The van der Waals surface area contributed by atoms with Gasteiger partial charge < -0.3 is 39.0 Å². The lowest BCUT2D eigenvalue weighted by Gasteiger charge is -2.39. The Morgan fingerprint density at radius 1 is 0.556 bits per heavy atom. The molecule has 0 radical (unpaired) electrons.